The standard InChI is InChI=1S/C15H21NO3/c17-14(11-6-12(11)15(18)19)16-13-5-7-4-10(13)9-3-1-2-8(7)9/h7-13H,1-6H2,(H,16,17)(H,18,19)/t7?,8?,9?,10?,11-,12+,13?/m1/s1. The minimum atomic E-state index is -0.816. The Kier molecular flexibility index (Phi) is 2.45. The molecule has 1 amide bonds. The maximum Gasteiger partial charge on any atom is 0.307 e. The molecule has 2 bridgehead atoms. The third-order valence-electron chi connectivity index (χ3n) is 6.20. The lowest BCUT2D eigenvalue weighted by atomic mass is 9.79. The average Bonchev–Trinajstić information content (AvgIpc) is 2.71. The number of carbonyl (C=O) groups is 2. The largest absolute Gasteiger partial charge is 0.481 e. The molecule has 0 aromatic rings. The first-order chi connectivity index (χ1) is 9.15. The number of fused-ring (bicyclic) bond motifs is 5. The molecule has 4 fully saturated rings. The van der Waals surface area contributed by atoms with Crippen molar-refractivity contribution in [1.82, 2.24) is 5.32 Å². The number of carboxylic acid groups (broad SMARTS) is 1. The van der Waals surface area contributed by atoms with Crippen LogP contribution in [0.4, 0.5) is 0 Å². The zero-order valence-electron chi connectivity index (χ0n) is 11.0. The van der Waals surface area contributed by atoms with E-state index in [9.17, 15) is 9.59 Å². The zero-order valence-corrected chi connectivity index (χ0v) is 11.0. The molecule has 7 atom stereocenters. The van der Waals surface area contributed by atoms with Crippen LogP contribution in [0.5, 0.6) is 0 Å². The minimum Gasteiger partial charge on any atom is -0.481 e. The number of hydrogen-bond donors (Lipinski definition) is 2. The Hall–Kier alpha value is -1.06. The molecule has 104 valence electrons. The molecule has 0 saturated heterocycles. The van der Waals surface area contributed by atoms with Crippen LogP contribution in [-0.2, 0) is 9.59 Å². The summed E-state index contributed by atoms with van der Waals surface area (Å²) in [5, 5.41) is 12.0. The van der Waals surface area contributed by atoms with Crippen molar-refractivity contribution in [2.75, 3.05) is 0 Å². The number of carbonyl (C=O) groups excluding carboxylic acids is 1. The van der Waals surface area contributed by atoms with Crippen LogP contribution in [0.1, 0.15) is 38.5 Å². The van der Waals surface area contributed by atoms with Crippen LogP contribution >= 0.6 is 0 Å². The van der Waals surface area contributed by atoms with Gasteiger partial charge in [-0.3, -0.25) is 9.59 Å². The summed E-state index contributed by atoms with van der Waals surface area (Å²) in [7, 11) is 0. The second-order valence-electron chi connectivity index (χ2n) is 7.06. The first-order valence-electron chi connectivity index (χ1n) is 7.68. The van der Waals surface area contributed by atoms with Gasteiger partial charge in [0.05, 0.1) is 11.8 Å². The van der Waals surface area contributed by atoms with Crippen LogP contribution in [-0.4, -0.2) is 23.0 Å². The number of nitrogens with one attached hydrogen (secondary N) is 1. The van der Waals surface area contributed by atoms with Gasteiger partial charge in [-0.2, -0.15) is 0 Å². The lowest BCUT2D eigenvalue weighted by Gasteiger charge is -2.32. The van der Waals surface area contributed by atoms with Gasteiger partial charge in [-0.1, -0.05) is 6.42 Å². The second kappa shape index (κ2) is 3.97. The van der Waals surface area contributed by atoms with E-state index >= 15 is 0 Å². The average molecular weight is 263 g/mol. The van der Waals surface area contributed by atoms with Gasteiger partial charge in [-0.15, -0.1) is 0 Å². The highest BCUT2D eigenvalue weighted by Crippen LogP contribution is 2.58. The molecule has 4 aliphatic carbocycles. The molecule has 0 aromatic heterocycles. The Morgan fingerprint density at radius 3 is 2.47 bits per heavy atom. The lowest BCUT2D eigenvalue weighted by molar-refractivity contribution is -0.140. The van der Waals surface area contributed by atoms with E-state index < -0.39 is 11.9 Å². The first-order valence-corrected chi connectivity index (χ1v) is 7.68. The van der Waals surface area contributed by atoms with Crippen molar-refractivity contribution in [3.8, 4) is 0 Å². The molecule has 5 unspecified atom stereocenters. The third-order valence-corrected chi connectivity index (χ3v) is 6.20. The van der Waals surface area contributed by atoms with Crippen molar-refractivity contribution in [3.63, 3.8) is 0 Å². The molecule has 0 spiro atoms. The smallest absolute Gasteiger partial charge is 0.307 e. The normalized spacial score (nSPS) is 50.0. The van der Waals surface area contributed by atoms with Crippen LogP contribution < -0.4 is 5.32 Å². The van der Waals surface area contributed by atoms with E-state index in [0.29, 0.717) is 18.4 Å². The van der Waals surface area contributed by atoms with Crippen molar-refractivity contribution in [2.24, 2.45) is 35.5 Å². The van der Waals surface area contributed by atoms with E-state index in [1.54, 1.807) is 0 Å². The maximum atomic E-state index is 12.1. The summed E-state index contributed by atoms with van der Waals surface area (Å²) in [5.41, 5.74) is 0. The van der Waals surface area contributed by atoms with Crippen LogP contribution in [0.2, 0.25) is 0 Å². The molecule has 0 aromatic carbocycles. The van der Waals surface area contributed by atoms with Gasteiger partial charge in [0.15, 0.2) is 0 Å². The van der Waals surface area contributed by atoms with Crippen molar-refractivity contribution in [2.45, 2.75) is 44.6 Å². The molecule has 0 aliphatic heterocycles. The Balaban J connectivity index is 1.38. The number of aliphatic carboxylic acids is 1. The fourth-order valence-electron chi connectivity index (χ4n) is 5.28. The van der Waals surface area contributed by atoms with E-state index in [-0.39, 0.29) is 11.8 Å². The summed E-state index contributed by atoms with van der Waals surface area (Å²) in [5.74, 6) is 1.81. The molecule has 2 N–H and O–H groups in total. The molecule has 4 heteroatoms. The van der Waals surface area contributed by atoms with E-state index in [1.807, 2.05) is 0 Å². The van der Waals surface area contributed by atoms with Gasteiger partial charge < -0.3 is 10.4 Å². The van der Waals surface area contributed by atoms with E-state index in [4.69, 9.17) is 5.11 Å². The van der Waals surface area contributed by atoms with Crippen molar-refractivity contribution in [3.05, 3.63) is 0 Å². The molecular weight excluding hydrogens is 242 g/mol. The SMILES string of the molecule is O=C(O)[C@H]1C[C@H]1C(=O)NC1CC2CC1C1CCCC21. The number of hydrogen-bond acceptors (Lipinski definition) is 2. The maximum absolute atomic E-state index is 12.1. The van der Waals surface area contributed by atoms with Gasteiger partial charge in [0, 0.05) is 6.04 Å². The summed E-state index contributed by atoms with van der Waals surface area (Å²) in [6.07, 6.45) is 7.09. The molecular formula is C15H21NO3. The quantitative estimate of drug-likeness (QED) is 0.813. The molecule has 4 nitrogen and oxygen atoms in total. The van der Waals surface area contributed by atoms with Gasteiger partial charge in [-0.25, -0.2) is 0 Å². The fraction of sp³-hybridized carbons (Fsp3) is 0.867. The van der Waals surface area contributed by atoms with E-state index in [0.717, 1.165) is 24.2 Å². The summed E-state index contributed by atoms with van der Waals surface area (Å²) < 4.78 is 0. The fourth-order valence-corrected chi connectivity index (χ4v) is 5.28. The van der Waals surface area contributed by atoms with Gasteiger partial charge >= 0.3 is 5.97 Å². The third kappa shape index (κ3) is 1.72. The number of amides is 1. The van der Waals surface area contributed by atoms with Gasteiger partial charge in [0.25, 0.3) is 0 Å². The highest BCUT2D eigenvalue weighted by atomic mass is 16.4. The van der Waals surface area contributed by atoms with Crippen LogP contribution in [0.25, 0.3) is 0 Å². The highest BCUT2D eigenvalue weighted by molar-refractivity contribution is 5.89. The van der Waals surface area contributed by atoms with E-state index in [1.165, 1.54) is 25.7 Å². The van der Waals surface area contributed by atoms with Crippen LogP contribution in [0.3, 0.4) is 0 Å². The summed E-state index contributed by atoms with van der Waals surface area (Å²) in [4.78, 5) is 22.9. The van der Waals surface area contributed by atoms with Crippen molar-refractivity contribution < 1.29 is 14.7 Å². The molecule has 19 heavy (non-hydrogen) atoms. The van der Waals surface area contributed by atoms with Gasteiger partial charge in [0.1, 0.15) is 0 Å². The van der Waals surface area contributed by atoms with Crippen molar-refractivity contribution in [1.29, 1.82) is 0 Å². The van der Waals surface area contributed by atoms with Crippen LogP contribution in [0.15, 0.2) is 0 Å². The Morgan fingerprint density at radius 1 is 0.947 bits per heavy atom. The number of rotatable bonds is 3. The summed E-state index contributed by atoms with van der Waals surface area (Å²) in [6.45, 7) is 0. The van der Waals surface area contributed by atoms with Gasteiger partial charge in [0.2, 0.25) is 5.91 Å². The summed E-state index contributed by atoms with van der Waals surface area (Å²) in [6, 6.07) is 0.340. The van der Waals surface area contributed by atoms with Gasteiger partial charge in [-0.05, 0) is 55.8 Å². The zero-order chi connectivity index (χ0) is 13.1. The van der Waals surface area contributed by atoms with Crippen LogP contribution in [0, 0.1) is 35.5 Å². The number of carboxylic acids is 1. The molecule has 4 saturated carbocycles. The first kappa shape index (κ1) is 11.7. The predicted octanol–water partition coefficient (Wildman–Crippen LogP) is 1.65. The molecule has 0 radical (unpaired) electrons. The Morgan fingerprint density at radius 2 is 1.74 bits per heavy atom. The molecule has 0 heterocycles. The summed E-state index contributed by atoms with van der Waals surface area (Å²) >= 11 is 0. The molecule has 4 rings (SSSR count). The Bertz CT molecular complexity index is 435. The predicted molar refractivity (Wildman–Crippen MR) is 68.2 cm³/mol. The minimum absolute atomic E-state index is 0.000466. The van der Waals surface area contributed by atoms with E-state index in [2.05, 4.69) is 5.32 Å². The second-order valence-corrected chi connectivity index (χ2v) is 7.06. The molecule has 4 aliphatic rings. The lowest BCUT2D eigenvalue weighted by Crippen LogP contribution is -2.43. The Labute approximate surface area is 112 Å². The topological polar surface area (TPSA) is 66.4 Å². The monoisotopic (exact) mass is 263 g/mol. The highest BCUT2D eigenvalue weighted by Gasteiger charge is 2.55. The van der Waals surface area contributed by atoms with Crippen molar-refractivity contribution >= 4 is 11.9 Å².